The summed E-state index contributed by atoms with van der Waals surface area (Å²) in [5, 5.41) is 2.81. The van der Waals surface area contributed by atoms with Crippen molar-refractivity contribution < 1.29 is 9.53 Å². The molecule has 1 amide bonds. The van der Waals surface area contributed by atoms with Crippen LogP contribution < -0.4 is 11.1 Å². The Morgan fingerprint density at radius 3 is 3.10 bits per heavy atom. The lowest BCUT2D eigenvalue weighted by Gasteiger charge is -2.06. The number of pyridine rings is 1. The van der Waals surface area contributed by atoms with Crippen LogP contribution in [-0.2, 0) is 4.74 Å². The number of hydrogen-bond acceptors (Lipinski definition) is 4. The molecular formula is C15H21N3O2. The molecule has 0 radical (unpaired) electrons. The zero-order valence-electron chi connectivity index (χ0n) is 11.8. The fraction of sp³-hybridized carbons (Fsp3) is 0.467. The van der Waals surface area contributed by atoms with E-state index in [2.05, 4.69) is 29.1 Å². The second-order valence-electron chi connectivity index (χ2n) is 4.13. The minimum absolute atomic E-state index is 0.220. The van der Waals surface area contributed by atoms with E-state index >= 15 is 0 Å². The third kappa shape index (κ3) is 5.83. The molecule has 0 aromatic carbocycles. The Kier molecular flexibility index (Phi) is 8.04. The molecule has 0 saturated carbocycles. The largest absolute Gasteiger partial charge is 0.381 e. The third-order valence-corrected chi connectivity index (χ3v) is 2.45. The number of hydrogen-bond donors (Lipinski definition) is 2. The summed E-state index contributed by atoms with van der Waals surface area (Å²) in [6.45, 7) is 4.28. The molecule has 1 aromatic rings. The highest BCUT2D eigenvalue weighted by Crippen LogP contribution is 2.03. The number of nitrogens with one attached hydrogen (secondary N) is 1. The van der Waals surface area contributed by atoms with E-state index in [1.165, 1.54) is 0 Å². The number of ether oxygens (including phenoxy) is 1. The number of carbonyl (C=O) groups excluding carboxylic acids is 1. The lowest BCUT2D eigenvalue weighted by molar-refractivity contribution is 0.0936. The van der Waals surface area contributed by atoms with Crippen LogP contribution in [0, 0.1) is 11.8 Å². The molecule has 5 nitrogen and oxygen atoms in total. The van der Waals surface area contributed by atoms with E-state index in [0.717, 1.165) is 19.4 Å². The van der Waals surface area contributed by atoms with Gasteiger partial charge in [0.1, 0.15) is 5.69 Å². The number of nitrogens with two attached hydrogens (primary N) is 1. The van der Waals surface area contributed by atoms with Gasteiger partial charge in [-0.05, 0) is 25.0 Å². The van der Waals surface area contributed by atoms with Gasteiger partial charge in [0.2, 0.25) is 0 Å². The maximum Gasteiger partial charge on any atom is 0.271 e. The lowest BCUT2D eigenvalue weighted by atomic mass is 10.2. The normalized spacial score (nSPS) is 9.70. The van der Waals surface area contributed by atoms with Crippen LogP contribution in [0.25, 0.3) is 0 Å². The second kappa shape index (κ2) is 9.96. The molecule has 0 saturated heterocycles. The molecule has 0 bridgehead atoms. The van der Waals surface area contributed by atoms with Crippen LogP contribution in [0.1, 0.15) is 35.8 Å². The van der Waals surface area contributed by atoms with Gasteiger partial charge in [-0.25, -0.2) is 4.98 Å². The van der Waals surface area contributed by atoms with Crippen LogP contribution in [0.5, 0.6) is 0 Å². The summed E-state index contributed by atoms with van der Waals surface area (Å²) < 4.78 is 5.34. The maximum absolute atomic E-state index is 12.0. The smallest absolute Gasteiger partial charge is 0.271 e. The average Bonchev–Trinajstić information content (AvgIpc) is 2.48. The van der Waals surface area contributed by atoms with Gasteiger partial charge in [0.15, 0.2) is 0 Å². The molecule has 20 heavy (non-hydrogen) atoms. The molecule has 0 unspecified atom stereocenters. The maximum atomic E-state index is 12.0. The molecule has 0 aliphatic carbocycles. The SMILES string of the molecule is CCCOCCCNC(=O)c1ncccc1C#CCN. The fourth-order valence-corrected chi connectivity index (χ4v) is 1.54. The minimum atomic E-state index is -0.220. The standard InChI is InChI=1S/C15H21N3O2/c1-2-11-20-12-5-10-18-15(19)14-13(6-3-8-16)7-4-9-17-14/h4,7,9H,2,5,8,10-12,16H2,1H3,(H,18,19). The van der Waals surface area contributed by atoms with Crippen LogP contribution in [0.4, 0.5) is 0 Å². The van der Waals surface area contributed by atoms with Crippen molar-refractivity contribution in [1.29, 1.82) is 0 Å². The first-order chi connectivity index (χ1) is 9.79. The first-order valence-corrected chi connectivity index (χ1v) is 6.79. The van der Waals surface area contributed by atoms with Crippen molar-refractivity contribution in [1.82, 2.24) is 10.3 Å². The molecule has 0 aliphatic rings. The quantitative estimate of drug-likeness (QED) is 0.573. The number of aromatic nitrogens is 1. The van der Waals surface area contributed by atoms with Crippen LogP contribution >= 0.6 is 0 Å². The van der Waals surface area contributed by atoms with Gasteiger partial charge in [0.25, 0.3) is 5.91 Å². The Bertz CT molecular complexity index is 477. The van der Waals surface area contributed by atoms with Gasteiger partial charge in [-0.3, -0.25) is 4.79 Å². The first kappa shape index (κ1) is 16.2. The van der Waals surface area contributed by atoms with Crippen molar-refractivity contribution in [3.63, 3.8) is 0 Å². The molecule has 108 valence electrons. The molecule has 0 fully saturated rings. The van der Waals surface area contributed by atoms with Crippen LogP contribution in [0.15, 0.2) is 18.3 Å². The Balaban J connectivity index is 2.47. The number of carbonyl (C=O) groups is 1. The summed E-state index contributed by atoms with van der Waals surface area (Å²) in [5.74, 6) is 5.36. The van der Waals surface area contributed by atoms with Crippen molar-refractivity contribution in [2.75, 3.05) is 26.3 Å². The van der Waals surface area contributed by atoms with Gasteiger partial charge < -0.3 is 15.8 Å². The molecule has 3 N–H and O–H groups in total. The molecule has 1 aromatic heterocycles. The highest BCUT2D eigenvalue weighted by Gasteiger charge is 2.10. The van der Waals surface area contributed by atoms with Crippen LogP contribution in [0.3, 0.4) is 0 Å². The Morgan fingerprint density at radius 1 is 1.50 bits per heavy atom. The van der Waals surface area contributed by atoms with Crippen molar-refractivity contribution in [3.8, 4) is 11.8 Å². The number of amides is 1. The van der Waals surface area contributed by atoms with Crippen molar-refractivity contribution >= 4 is 5.91 Å². The van der Waals surface area contributed by atoms with Crippen molar-refractivity contribution in [3.05, 3.63) is 29.6 Å². The third-order valence-electron chi connectivity index (χ3n) is 2.45. The Morgan fingerprint density at radius 2 is 2.35 bits per heavy atom. The second-order valence-corrected chi connectivity index (χ2v) is 4.13. The van der Waals surface area contributed by atoms with E-state index in [1.807, 2.05) is 0 Å². The van der Waals surface area contributed by atoms with E-state index in [-0.39, 0.29) is 12.5 Å². The van der Waals surface area contributed by atoms with Gasteiger partial charge in [-0.15, -0.1) is 0 Å². The molecule has 1 heterocycles. The Hall–Kier alpha value is -1.90. The predicted molar refractivity (Wildman–Crippen MR) is 78.2 cm³/mol. The predicted octanol–water partition coefficient (Wildman–Crippen LogP) is 0.938. The molecule has 0 spiro atoms. The van der Waals surface area contributed by atoms with Crippen LogP contribution in [-0.4, -0.2) is 37.2 Å². The topological polar surface area (TPSA) is 77.2 Å². The Labute approximate surface area is 119 Å². The lowest BCUT2D eigenvalue weighted by Crippen LogP contribution is -2.27. The number of nitrogens with zero attached hydrogens (tertiary/aromatic N) is 1. The highest BCUT2D eigenvalue weighted by molar-refractivity contribution is 5.94. The summed E-state index contributed by atoms with van der Waals surface area (Å²) in [4.78, 5) is 16.1. The van der Waals surface area contributed by atoms with Crippen LogP contribution in [0.2, 0.25) is 0 Å². The van der Waals surface area contributed by atoms with E-state index in [9.17, 15) is 4.79 Å². The van der Waals surface area contributed by atoms with E-state index in [0.29, 0.717) is 24.4 Å². The molecular weight excluding hydrogens is 254 g/mol. The van der Waals surface area contributed by atoms with Gasteiger partial charge in [0, 0.05) is 26.0 Å². The van der Waals surface area contributed by atoms with Crippen molar-refractivity contribution in [2.24, 2.45) is 5.73 Å². The monoisotopic (exact) mass is 275 g/mol. The van der Waals surface area contributed by atoms with E-state index < -0.39 is 0 Å². The summed E-state index contributed by atoms with van der Waals surface area (Å²) >= 11 is 0. The van der Waals surface area contributed by atoms with Gasteiger partial charge >= 0.3 is 0 Å². The van der Waals surface area contributed by atoms with E-state index in [4.69, 9.17) is 10.5 Å². The number of rotatable bonds is 7. The first-order valence-electron chi connectivity index (χ1n) is 6.79. The summed E-state index contributed by atoms with van der Waals surface area (Å²) in [7, 11) is 0. The molecule has 0 atom stereocenters. The summed E-state index contributed by atoms with van der Waals surface area (Å²) in [6.07, 6.45) is 3.36. The van der Waals surface area contributed by atoms with Gasteiger partial charge in [0.05, 0.1) is 12.1 Å². The molecule has 5 heteroatoms. The van der Waals surface area contributed by atoms with Gasteiger partial charge in [-0.2, -0.15) is 0 Å². The minimum Gasteiger partial charge on any atom is -0.381 e. The highest BCUT2D eigenvalue weighted by atomic mass is 16.5. The van der Waals surface area contributed by atoms with E-state index in [1.54, 1.807) is 18.3 Å². The van der Waals surface area contributed by atoms with Gasteiger partial charge in [-0.1, -0.05) is 18.8 Å². The summed E-state index contributed by atoms with van der Waals surface area (Å²) in [5.41, 5.74) is 6.26. The average molecular weight is 275 g/mol. The van der Waals surface area contributed by atoms with Crippen molar-refractivity contribution in [2.45, 2.75) is 19.8 Å². The zero-order chi connectivity index (χ0) is 14.6. The molecule has 0 aliphatic heterocycles. The zero-order valence-corrected chi connectivity index (χ0v) is 11.8. The fourth-order valence-electron chi connectivity index (χ4n) is 1.54. The molecule has 1 rings (SSSR count). The summed E-state index contributed by atoms with van der Waals surface area (Å²) in [6, 6.07) is 3.50.